The van der Waals surface area contributed by atoms with Gasteiger partial charge in [-0.3, -0.25) is 4.90 Å². The molecule has 2 N–H and O–H groups in total. The zero-order chi connectivity index (χ0) is 10.8. The third-order valence-electron chi connectivity index (χ3n) is 3.28. The summed E-state index contributed by atoms with van der Waals surface area (Å²) in [5.74, 6) is 2.72. The maximum Gasteiger partial charge on any atom is 0.118 e. The van der Waals surface area contributed by atoms with Crippen LogP contribution in [0.3, 0.4) is 0 Å². The third kappa shape index (κ3) is 2.41. The highest BCUT2D eigenvalue weighted by Gasteiger charge is 2.28. The first-order chi connectivity index (χ1) is 7.19. The van der Waals surface area contributed by atoms with Crippen LogP contribution in [0, 0.1) is 12.8 Å². The van der Waals surface area contributed by atoms with Crippen molar-refractivity contribution >= 4 is 0 Å². The largest absolute Gasteiger partial charge is 0.465 e. The maximum absolute atomic E-state index is 5.71. The Kier molecular flexibility index (Phi) is 3.12. The van der Waals surface area contributed by atoms with E-state index in [4.69, 9.17) is 10.2 Å². The van der Waals surface area contributed by atoms with Crippen molar-refractivity contribution < 1.29 is 4.42 Å². The molecule has 15 heavy (non-hydrogen) atoms. The minimum absolute atomic E-state index is 0.629. The summed E-state index contributed by atoms with van der Waals surface area (Å²) >= 11 is 0. The Morgan fingerprint density at radius 2 is 2.33 bits per heavy atom. The summed E-state index contributed by atoms with van der Waals surface area (Å²) in [4.78, 5) is 2.45. The number of aryl methyl sites for hydroxylation is 1. The van der Waals surface area contributed by atoms with Crippen LogP contribution < -0.4 is 5.73 Å². The lowest BCUT2D eigenvalue weighted by Gasteiger charge is -2.19. The standard InChI is InChI=1S/C12H20N2O/c1-9-5-11(6-13)7-14(9)8-12-4-3-10(2)15-12/h3-4,9,11H,5-8,13H2,1-2H3. The molecule has 0 aliphatic carbocycles. The molecule has 0 spiro atoms. The summed E-state index contributed by atoms with van der Waals surface area (Å²) in [5.41, 5.74) is 5.71. The monoisotopic (exact) mass is 208 g/mol. The molecule has 0 radical (unpaired) electrons. The van der Waals surface area contributed by atoms with Crippen LogP contribution in [0.2, 0.25) is 0 Å². The van der Waals surface area contributed by atoms with Gasteiger partial charge in [0.05, 0.1) is 6.54 Å². The summed E-state index contributed by atoms with van der Waals surface area (Å²) in [5, 5.41) is 0. The van der Waals surface area contributed by atoms with Gasteiger partial charge in [-0.2, -0.15) is 0 Å². The van der Waals surface area contributed by atoms with Crippen LogP contribution in [-0.2, 0) is 6.54 Å². The predicted molar refractivity (Wildman–Crippen MR) is 60.5 cm³/mol. The lowest BCUT2D eigenvalue weighted by atomic mass is 10.1. The Balaban J connectivity index is 1.95. The van der Waals surface area contributed by atoms with Crippen LogP contribution in [0.1, 0.15) is 24.9 Å². The first-order valence-electron chi connectivity index (χ1n) is 5.68. The second-order valence-electron chi connectivity index (χ2n) is 4.63. The molecule has 2 heterocycles. The van der Waals surface area contributed by atoms with Crippen molar-refractivity contribution in [3.05, 3.63) is 23.7 Å². The second kappa shape index (κ2) is 4.37. The second-order valence-corrected chi connectivity index (χ2v) is 4.63. The van der Waals surface area contributed by atoms with Gasteiger partial charge in [-0.15, -0.1) is 0 Å². The van der Waals surface area contributed by atoms with E-state index in [-0.39, 0.29) is 0 Å². The molecule has 2 unspecified atom stereocenters. The zero-order valence-corrected chi connectivity index (χ0v) is 9.57. The third-order valence-corrected chi connectivity index (χ3v) is 3.28. The Morgan fingerprint density at radius 1 is 1.53 bits per heavy atom. The van der Waals surface area contributed by atoms with Crippen molar-refractivity contribution in [2.45, 2.75) is 32.9 Å². The van der Waals surface area contributed by atoms with E-state index >= 15 is 0 Å². The molecule has 3 heteroatoms. The predicted octanol–water partition coefficient (Wildman–Crippen LogP) is 1.76. The summed E-state index contributed by atoms with van der Waals surface area (Å²) in [7, 11) is 0. The number of hydrogen-bond acceptors (Lipinski definition) is 3. The van der Waals surface area contributed by atoms with E-state index in [1.54, 1.807) is 0 Å². The number of nitrogens with zero attached hydrogens (tertiary/aromatic N) is 1. The van der Waals surface area contributed by atoms with E-state index in [1.807, 2.05) is 13.0 Å². The molecule has 0 amide bonds. The van der Waals surface area contributed by atoms with Gasteiger partial charge < -0.3 is 10.2 Å². The minimum atomic E-state index is 0.629. The summed E-state index contributed by atoms with van der Waals surface area (Å²) < 4.78 is 5.59. The Labute approximate surface area is 91.2 Å². The highest BCUT2D eigenvalue weighted by atomic mass is 16.3. The SMILES string of the molecule is Cc1ccc(CN2CC(CN)CC2C)o1. The topological polar surface area (TPSA) is 42.4 Å². The van der Waals surface area contributed by atoms with E-state index < -0.39 is 0 Å². The number of hydrogen-bond donors (Lipinski definition) is 1. The highest BCUT2D eigenvalue weighted by molar-refractivity contribution is 5.06. The van der Waals surface area contributed by atoms with Gasteiger partial charge in [0.25, 0.3) is 0 Å². The number of likely N-dealkylation sites (tertiary alicyclic amines) is 1. The molecule has 0 aromatic carbocycles. The van der Waals surface area contributed by atoms with Gasteiger partial charge in [0.1, 0.15) is 11.5 Å². The quantitative estimate of drug-likeness (QED) is 0.823. The molecule has 0 bridgehead atoms. The van der Waals surface area contributed by atoms with Crippen molar-refractivity contribution in [3.63, 3.8) is 0 Å². The molecule has 1 saturated heterocycles. The smallest absolute Gasteiger partial charge is 0.118 e. The van der Waals surface area contributed by atoms with Crippen LogP contribution in [0.4, 0.5) is 0 Å². The van der Waals surface area contributed by atoms with Crippen LogP contribution in [0.5, 0.6) is 0 Å². The molecule has 1 aromatic heterocycles. The van der Waals surface area contributed by atoms with Gasteiger partial charge in [0.15, 0.2) is 0 Å². The molecular formula is C12H20N2O. The van der Waals surface area contributed by atoms with Crippen molar-refractivity contribution in [3.8, 4) is 0 Å². The Bertz CT molecular complexity index is 321. The minimum Gasteiger partial charge on any atom is -0.465 e. The molecule has 2 atom stereocenters. The fourth-order valence-electron chi connectivity index (χ4n) is 2.38. The van der Waals surface area contributed by atoms with E-state index in [2.05, 4.69) is 17.9 Å². The summed E-state index contributed by atoms with van der Waals surface area (Å²) in [6.45, 7) is 7.09. The van der Waals surface area contributed by atoms with Gasteiger partial charge >= 0.3 is 0 Å². The lowest BCUT2D eigenvalue weighted by Crippen LogP contribution is -2.27. The van der Waals surface area contributed by atoms with E-state index in [0.717, 1.165) is 31.2 Å². The normalized spacial score (nSPS) is 27.4. The van der Waals surface area contributed by atoms with Gasteiger partial charge in [-0.05, 0) is 44.9 Å². The molecule has 1 aromatic rings. The molecule has 1 aliphatic rings. The van der Waals surface area contributed by atoms with Crippen LogP contribution in [0.25, 0.3) is 0 Å². The zero-order valence-electron chi connectivity index (χ0n) is 9.57. The van der Waals surface area contributed by atoms with E-state index in [1.165, 1.54) is 6.42 Å². The van der Waals surface area contributed by atoms with Crippen molar-refractivity contribution in [1.82, 2.24) is 4.90 Å². The van der Waals surface area contributed by atoms with Gasteiger partial charge in [0.2, 0.25) is 0 Å². The molecule has 1 aliphatic heterocycles. The fourth-order valence-corrected chi connectivity index (χ4v) is 2.38. The highest BCUT2D eigenvalue weighted by Crippen LogP contribution is 2.24. The fraction of sp³-hybridized carbons (Fsp3) is 0.667. The maximum atomic E-state index is 5.71. The summed E-state index contributed by atoms with van der Waals surface area (Å²) in [6, 6.07) is 4.72. The van der Waals surface area contributed by atoms with Crippen LogP contribution >= 0.6 is 0 Å². The first-order valence-corrected chi connectivity index (χ1v) is 5.68. The lowest BCUT2D eigenvalue weighted by molar-refractivity contribution is 0.233. The van der Waals surface area contributed by atoms with Gasteiger partial charge in [-0.1, -0.05) is 0 Å². The molecule has 3 nitrogen and oxygen atoms in total. The summed E-state index contributed by atoms with van der Waals surface area (Å²) in [6.07, 6.45) is 1.22. The van der Waals surface area contributed by atoms with Crippen molar-refractivity contribution in [2.75, 3.05) is 13.1 Å². The van der Waals surface area contributed by atoms with E-state index in [9.17, 15) is 0 Å². The molecular weight excluding hydrogens is 188 g/mol. The molecule has 84 valence electrons. The van der Waals surface area contributed by atoms with E-state index in [0.29, 0.717) is 12.0 Å². The van der Waals surface area contributed by atoms with Gasteiger partial charge in [0, 0.05) is 12.6 Å². The average Bonchev–Trinajstić information content (AvgIpc) is 2.75. The first kappa shape index (κ1) is 10.7. The molecule has 0 saturated carbocycles. The average molecular weight is 208 g/mol. The number of rotatable bonds is 3. The van der Waals surface area contributed by atoms with Crippen LogP contribution in [0.15, 0.2) is 16.5 Å². The molecule has 2 rings (SSSR count). The van der Waals surface area contributed by atoms with Crippen molar-refractivity contribution in [2.24, 2.45) is 11.7 Å². The number of nitrogens with two attached hydrogens (primary N) is 1. The van der Waals surface area contributed by atoms with Gasteiger partial charge in [-0.25, -0.2) is 0 Å². The van der Waals surface area contributed by atoms with Crippen LogP contribution in [-0.4, -0.2) is 24.0 Å². The van der Waals surface area contributed by atoms with Crippen molar-refractivity contribution in [1.29, 1.82) is 0 Å². The Morgan fingerprint density at radius 3 is 2.87 bits per heavy atom. The molecule has 1 fully saturated rings. The Hall–Kier alpha value is -0.800. The number of furan rings is 1.